The maximum Gasteiger partial charge on any atom is 0.137 e. The van der Waals surface area contributed by atoms with Gasteiger partial charge in [-0.2, -0.15) is 0 Å². The number of hydrogen-bond acceptors (Lipinski definition) is 3. The molecule has 0 aliphatic carbocycles. The molecule has 2 rings (SSSR count). The summed E-state index contributed by atoms with van der Waals surface area (Å²) in [4.78, 5) is 4.21. The van der Waals surface area contributed by atoms with Gasteiger partial charge in [0.05, 0.1) is 13.3 Å². The number of rotatable bonds is 7. The zero-order chi connectivity index (χ0) is 15.1. The van der Waals surface area contributed by atoms with Crippen molar-refractivity contribution in [2.24, 2.45) is 0 Å². The molecule has 1 aromatic heterocycles. The quantitative estimate of drug-likeness (QED) is 0.827. The molecule has 1 aromatic carbocycles. The van der Waals surface area contributed by atoms with Gasteiger partial charge in [-0.05, 0) is 36.6 Å². The monoisotopic (exact) mass is 284 g/mol. The topological polar surface area (TPSA) is 34.2 Å². The van der Waals surface area contributed by atoms with Gasteiger partial charge in [-0.3, -0.25) is 4.98 Å². The van der Waals surface area contributed by atoms with Crippen molar-refractivity contribution >= 4 is 0 Å². The Balaban J connectivity index is 2.17. The van der Waals surface area contributed by atoms with Gasteiger partial charge in [-0.25, -0.2) is 0 Å². The Hall–Kier alpha value is -1.87. The highest BCUT2D eigenvalue weighted by molar-refractivity contribution is 5.64. The second-order valence-corrected chi connectivity index (χ2v) is 5.15. The number of aromatic nitrogens is 1. The van der Waals surface area contributed by atoms with E-state index in [1.807, 2.05) is 12.3 Å². The number of pyridine rings is 1. The van der Waals surface area contributed by atoms with Gasteiger partial charge in [0, 0.05) is 17.8 Å². The third-order valence-electron chi connectivity index (χ3n) is 3.64. The molecule has 0 bridgehead atoms. The number of benzene rings is 1. The average Bonchev–Trinajstić information content (AvgIpc) is 2.56. The number of nitrogens with one attached hydrogen (secondary N) is 1. The van der Waals surface area contributed by atoms with Gasteiger partial charge in [-0.1, -0.05) is 38.1 Å². The van der Waals surface area contributed by atoms with E-state index in [0.717, 1.165) is 36.3 Å². The van der Waals surface area contributed by atoms with Crippen molar-refractivity contribution in [2.45, 2.75) is 32.7 Å². The van der Waals surface area contributed by atoms with Crippen LogP contribution in [0, 0.1) is 0 Å². The van der Waals surface area contributed by atoms with Crippen molar-refractivity contribution in [2.75, 3.05) is 13.7 Å². The van der Waals surface area contributed by atoms with Gasteiger partial charge in [-0.15, -0.1) is 0 Å². The predicted octanol–water partition coefficient (Wildman–Crippen LogP) is 4.21. The van der Waals surface area contributed by atoms with E-state index in [4.69, 9.17) is 4.74 Å². The Morgan fingerprint density at radius 3 is 2.48 bits per heavy atom. The minimum atomic E-state index is 0.433. The first-order chi connectivity index (χ1) is 10.3. The summed E-state index contributed by atoms with van der Waals surface area (Å²) in [5.74, 6) is 0.785. The van der Waals surface area contributed by atoms with Crippen molar-refractivity contribution in [1.29, 1.82) is 0 Å². The lowest BCUT2D eigenvalue weighted by atomic mass is 10.00. The molecule has 1 unspecified atom stereocenters. The van der Waals surface area contributed by atoms with Gasteiger partial charge in [0.2, 0.25) is 0 Å². The highest BCUT2D eigenvalue weighted by Crippen LogP contribution is 2.25. The number of nitrogens with zero attached hydrogens (tertiary/aromatic N) is 1. The van der Waals surface area contributed by atoms with Crippen molar-refractivity contribution < 1.29 is 4.74 Å². The van der Waals surface area contributed by atoms with Crippen molar-refractivity contribution in [3.8, 4) is 16.9 Å². The SMILES string of the molecule is CCCNC(CC)c1ccc(-c2cncc(OC)c2)cc1. The molecule has 1 heterocycles. The van der Waals surface area contributed by atoms with Crippen LogP contribution in [-0.2, 0) is 0 Å². The molecular weight excluding hydrogens is 260 g/mol. The average molecular weight is 284 g/mol. The molecule has 0 spiro atoms. The van der Waals surface area contributed by atoms with E-state index in [1.165, 1.54) is 5.56 Å². The van der Waals surface area contributed by atoms with E-state index in [-0.39, 0.29) is 0 Å². The predicted molar refractivity (Wildman–Crippen MR) is 87.6 cm³/mol. The summed E-state index contributed by atoms with van der Waals surface area (Å²) in [7, 11) is 1.66. The molecule has 3 nitrogen and oxygen atoms in total. The molecule has 21 heavy (non-hydrogen) atoms. The molecule has 0 aliphatic rings. The fourth-order valence-electron chi connectivity index (χ4n) is 2.41. The fraction of sp³-hybridized carbons (Fsp3) is 0.389. The van der Waals surface area contributed by atoms with Crippen LogP contribution in [0.5, 0.6) is 5.75 Å². The van der Waals surface area contributed by atoms with Crippen LogP contribution in [0.1, 0.15) is 38.3 Å². The summed E-state index contributed by atoms with van der Waals surface area (Å²) in [5.41, 5.74) is 3.58. The molecular formula is C18H24N2O. The summed E-state index contributed by atoms with van der Waals surface area (Å²) in [6.07, 6.45) is 5.84. The van der Waals surface area contributed by atoms with Gasteiger partial charge in [0.15, 0.2) is 0 Å². The summed E-state index contributed by atoms with van der Waals surface area (Å²) >= 11 is 0. The third-order valence-corrected chi connectivity index (χ3v) is 3.64. The van der Waals surface area contributed by atoms with E-state index in [0.29, 0.717) is 6.04 Å². The van der Waals surface area contributed by atoms with Crippen LogP contribution in [0.3, 0.4) is 0 Å². The Bertz CT molecular complexity index is 551. The molecule has 0 saturated carbocycles. The Labute approximate surface area is 127 Å². The first-order valence-corrected chi connectivity index (χ1v) is 7.61. The molecule has 112 valence electrons. The minimum Gasteiger partial charge on any atom is -0.495 e. The van der Waals surface area contributed by atoms with Crippen LogP contribution in [0.4, 0.5) is 0 Å². The molecule has 1 atom stereocenters. The lowest BCUT2D eigenvalue weighted by Gasteiger charge is -2.17. The van der Waals surface area contributed by atoms with Crippen LogP contribution < -0.4 is 10.1 Å². The molecule has 0 radical (unpaired) electrons. The summed E-state index contributed by atoms with van der Waals surface area (Å²) < 4.78 is 5.23. The molecule has 0 amide bonds. The van der Waals surface area contributed by atoms with Crippen LogP contribution in [0.2, 0.25) is 0 Å². The largest absolute Gasteiger partial charge is 0.495 e. The number of methoxy groups -OCH3 is 1. The maximum atomic E-state index is 5.23. The standard InChI is InChI=1S/C18H24N2O/c1-4-10-20-18(5-2)15-8-6-14(7-9-15)16-11-17(21-3)13-19-12-16/h6-9,11-13,18,20H,4-5,10H2,1-3H3. The highest BCUT2D eigenvalue weighted by atomic mass is 16.5. The van der Waals surface area contributed by atoms with Gasteiger partial charge >= 0.3 is 0 Å². The highest BCUT2D eigenvalue weighted by Gasteiger charge is 2.08. The van der Waals surface area contributed by atoms with Gasteiger partial charge in [0.1, 0.15) is 5.75 Å². The number of hydrogen-bond donors (Lipinski definition) is 1. The Kier molecular flexibility index (Phi) is 5.76. The van der Waals surface area contributed by atoms with E-state index >= 15 is 0 Å². The van der Waals surface area contributed by atoms with Crippen molar-refractivity contribution in [3.05, 3.63) is 48.3 Å². The minimum absolute atomic E-state index is 0.433. The lowest BCUT2D eigenvalue weighted by molar-refractivity contribution is 0.413. The normalized spacial score (nSPS) is 12.1. The lowest BCUT2D eigenvalue weighted by Crippen LogP contribution is -2.21. The van der Waals surface area contributed by atoms with Gasteiger partial charge in [0.25, 0.3) is 0 Å². The van der Waals surface area contributed by atoms with Crippen LogP contribution in [-0.4, -0.2) is 18.6 Å². The number of ether oxygens (including phenoxy) is 1. The second-order valence-electron chi connectivity index (χ2n) is 5.15. The van der Waals surface area contributed by atoms with Crippen LogP contribution >= 0.6 is 0 Å². The first-order valence-electron chi connectivity index (χ1n) is 7.61. The first kappa shape index (κ1) is 15.5. The Morgan fingerprint density at radius 1 is 1.10 bits per heavy atom. The van der Waals surface area contributed by atoms with Crippen molar-refractivity contribution in [3.63, 3.8) is 0 Å². The molecule has 1 N–H and O–H groups in total. The van der Waals surface area contributed by atoms with E-state index in [9.17, 15) is 0 Å². The van der Waals surface area contributed by atoms with Gasteiger partial charge < -0.3 is 10.1 Å². The van der Waals surface area contributed by atoms with E-state index in [1.54, 1.807) is 13.3 Å². The summed E-state index contributed by atoms with van der Waals surface area (Å²) in [6.45, 7) is 5.46. The second kappa shape index (κ2) is 7.79. The van der Waals surface area contributed by atoms with E-state index < -0.39 is 0 Å². The Morgan fingerprint density at radius 2 is 1.86 bits per heavy atom. The molecule has 0 saturated heterocycles. The molecule has 0 fully saturated rings. The van der Waals surface area contributed by atoms with E-state index in [2.05, 4.69) is 48.4 Å². The van der Waals surface area contributed by atoms with Crippen LogP contribution in [0.15, 0.2) is 42.7 Å². The summed E-state index contributed by atoms with van der Waals surface area (Å²) in [6, 6.07) is 11.2. The molecule has 0 aliphatic heterocycles. The summed E-state index contributed by atoms with van der Waals surface area (Å²) in [5, 5.41) is 3.58. The maximum absolute atomic E-state index is 5.23. The molecule has 2 aromatic rings. The van der Waals surface area contributed by atoms with Crippen LogP contribution in [0.25, 0.3) is 11.1 Å². The van der Waals surface area contributed by atoms with Crippen molar-refractivity contribution in [1.82, 2.24) is 10.3 Å². The third kappa shape index (κ3) is 4.05. The fourth-order valence-corrected chi connectivity index (χ4v) is 2.41. The zero-order valence-corrected chi connectivity index (χ0v) is 13.1. The molecule has 3 heteroatoms. The zero-order valence-electron chi connectivity index (χ0n) is 13.1. The smallest absolute Gasteiger partial charge is 0.137 e.